The van der Waals surface area contributed by atoms with Gasteiger partial charge in [-0.15, -0.1) is 0 Å². The first-order valence-corrected chi connectivity index (χ1v) is 10.0. The van der Waals surface area contributed by atoms with Gasteiger partial charge in [0.1, 0.15) is 16.8 Å². The van der Waals surface area contributed by atoms with Crippen molar-refractivity contribution < 1.29 is 23.6 Å². The maximum atomic E-state index is 11.9. The van der Waals surface area contributed by atoms with Crippen LogP contribution in [0.5, 0.6) is 0 Å². The van der Waals surface area contributed by atoms with E-state index in [1.807, 2.05) is 24.9 Å². The van der Waals surface area contributed by atoms with Crippen molar-refractivity contribution in [1.82, 2.24) is 15.8 Å². The Hall–Kier alpha value is -3.37. The molecule has 1 aromatic carbocycles. The van der Waals surface area contributed by atoms with Crippen LogP contribution >= 0.6 is 0 Å². The number of nitro groups is 1. The van der Waals surface area contributed by atoms with Crippen molar-refractivity contribution in [2.75, 3.05) is 6.61 Å². The molecule has 0 spiro atoms. The van der Waals surface area contributed by atoms with Gasteiger partial charge in [0.15, 0.2) is 5.76 Å². The summed E-state index contributed by atoms with van der Waals surface area (Å²) in [6.45, 7) is 5.98. The van der Waals surface area contributed by atoms with E-state index >= 15 is 0 Å². The summed E-state index contributed by atoms with van der Waals surface area (Å²) in [5.41, 5.74) is 6.56. The van der Waals surface area contributed by atoms with Crippen LogP contribution in [0.2, 0.25) is 0 Å². The predicted octanol–water partition coefficient (Wildman–Crippen LogP) is 3.74. The van der Waals surface area contributed by atoms with E-state index in [9.17, 15) is 14.9 Å². The number of rotatable bonds is 5. The molecule has 1 saturated heterocycles. The van der Waals surface area contributed by atoms with Crippen LogP contribution in [-0.4, -0.2) is 28.9 Å². The standard InChI is InChI=1S/C21H24N4O6/c1-4-29-21(26)31-18-11-22-24-16(14-6-5-12(2)9-13(14)3)10-15(23-20(18)24)17-7-8-19(30-17)25(27)28/h5-9,11,15-16,20,22-23H,4,10H2,1-3H3. The third-order valence-corrected chi connectivity index (χ3v) is 5.44. The zero-order valence-electron chi connectivity index (χ0n) is 17.5. The molecule has 2 N–H and O–H groups in total. The normalized spacial score (nSPS) is 22.9. The highest BCUT2D eigenvalue weighted by Gasteiger charge is 2.44. The van der Waals surface area contributed by atoms with E-state index < -0.39 is 17.2 Å². The molecule has 1 aromatic heterocycles. The molecule has 3 heterocycles. The molecule has 0 saturated carbocycles. The molecule has 10 nitrogen and oxygen atoms in total. The van der Waals surface area contributed by atoms with Crippen molar-refractivity contribution in [1.29, 1.82) is 0 Å². The van der Waals surface area contributed by atoms with E-state index in [2.05, 4.69) is 22.9 Å². The summed E-state index contributed by atoms with van der Waals surface area (Å²) in [4.78, 5) is 22.4. The number of hydrogen-bond acceptors (Lipinski definition) is 9. The minimum Gasteiger partial charge on any atom is -0.434 e. The molecule has 3 unspecified atom stereocenters. The Labute approximate surface area is 178 Å². The second kappa shape index (κ2) is 8.40. The molecule has 2 aliphatic rings. The van der Waals surface area contributed by atoms with E-state index in [-0.39, 0.29) is 24.6 Å². The monoisotopic (exact) mass is 428 g/mol. The summed E-state index contributed by atoms with van der Waals surface area (Å²) in [7, 11) is 0. The van der Waals surface area contributed by atoms with Crippen LogP contribution in [0.15, 0.2) is 46.7 Å². The fourth-order valence-electron chi connectivity index (χ4n) is 4.09. The first-order chi connectivity index (χ1) is 14.9. The molecule has 31 heavy (non-hydrogen) atoms. The first-order valence-electron chi connectivity index (χ1n) is 10.0. The lowest BCUT2D eigenvalue weighted by atomic mass is 9.91. The summed E-state index contributed by atoms with van der Waals surface area (Å²) in [5.74, 6) is 0.479. The number of nitrogens with zero attached hydrogens (tertiary/aromatic N) is 2. The second-order valence-corrected chi connectivity index (χ2v) is 7.53. The van der Waals surface area contributed by atoms with Gasteiger partial charge in [0, 0.05) is 0 Å². The fraction of sp³-hybridized carbons (Fsp3) is 0.381. The van der Waals surface area contributed by atoms with Crippen molar-refractivity contribution in [3.63, 3.8) is 0 Å². The maximum absolute atomic E-state index is 11.9. The van der Waals surface area contributed by atoms with Crippen molar-refractivity contribution in [3.05, 3.63) is 74.9 Å². The average Bonchev–Trinajstić information content (AvgIpc) is 3.36. The zero-order chi connectivity index (χ0) is 22.1. The average molecular weight is 428 g/mol. The quantitative estimate of drug-likeness (QED) is 0.417. The van der Waals surface area contributed by atoms with E-state index in [1.54, 1.807) is 19.2 Å². The molecule has 10 heteroatoms. The molecule has 0 radical (unpaired) electrons. The third kappa shape index (κ3) is 4.12. The number of hydrogen-bond donors (Lipinski definition) is 2. The first kappa shape index (κ1) is 20.9. The highest BCUT2D eigenvalue weighted by Crippen LogP contribution is 2.41. The summed E-state index contributed by atoms with van der Waals surface area (Å²) >= 11 is 0. The van der Waals surface area contributed by atoms with Crippen LogP contribution in [0.1, 0.15) is 47.9 Å². The number of ether oxygens (including phenoxy) is 2. The fourth-order valence-corrected chi connectivity index (χ4v) is 4.09. The molecule has 0 aliphatic carbocycles. The molecule has 2 aromatic rings. The summed E-state index contributed by atoms with van der Waals surface area (Å²) in [6.07, 6.45) is 0.896. The van der Waals surface area contributed by atoms with E-state index in [0.29, 0.717) is 17.9 Å². The Morgan fingerprint density at radius 3 is 2.81 bits per heavy atom. The van der Waals surface area contributed by atoms with Crippen molar-refractivity contribution in [3.8, 4) is 0 Å². The number of hydrazine groups is 1. The van der Waals surface area contributed by atoms with Crippen LogP contribution in [-0.2, 0) is 9.47 Å². The van der Waals surface area contributed by atoms with Crippen LogP contribution in [0.4, 0.5) is 10.7 Å². The molecule has 0 amide bonds. The summed E-state index contributed by atoms with van der Waals surface area (Å²) in [5, 5.41) is 16.4. The van der Waals surface area contributed by atoms with Gasteiger partial charge in [-0.1, -0.05) is 23.8 Å². The summed E-state index contributed by atoms with van der Waals surface area (Å²) in [6, 6.07) is 8.72. The van der Waals surface area contributed by atoms with Gasteiger partial charge in [-0.05, 0) is 44.4 Å². The molecular formula is C21H24N4O6. The van der Waals surface area contributed by atoms with Gasteiger partial charge in [0.05, 0.1) is 31.0 Å². The van der Waals surface area contributed by atoms with Crippen LogP contribution in [0.25, 0.3) is 0 Å². The van der Waals surface area contributed by atoms with Crippen LogP contribution < -0.4 is 10.7 Å². The van der Waals surface area contributed by atoms with Gasteiger partial charge in [0.25, 0.3) is 0 Å². The Balaban J connectivity index is 1.66. The highest BCUT2D eigenvalue weighted by molar-refractivity contribution is 5.61. The molecule has 2 aliphatic heterocycles. The van der Waals surface area contributed by atoms with Gasteiger partial charge in [-0.25, -0.2) is 4.79 Å². The Morgan fingerprint density at radius 1 is 1.32 bits per heavy atom. The lowest BCUT2D eigenvalue weighted by Gasteiger charge is -2.42. The number of nitrogens with one attached hydrogen (secondary N) is 2. The molecule has 4 rings (SSSR count). The van der Waals surface area contributed by atoms with E-state index in [1.165, 1.54) is 6.07 Å². The number of carbonyl (C=O) groups is 1. The maximum Gasteiger partial charge on any atom is 0.513 e. The molecule has 3 atom stereocenters. The van der Waals surface area contributed by atoms with E-state index in [0.717, 1.165) is 16.7 Å². The lowest BCUT2D eigenvalue weighted by Crippen LogP contribution is -2.55. The van der Waals surface area contributed by atoms with E-state index in [4.69, 9.17) is 13.9 Å². The molecule has 164 valence electrons. The van der Waals surface area contributed by atoms with Crippen molar-refractivity contribution in [2.45, 2.75) is 45.4 Å². The van der Waals surface area contributed by atoms with Gasteiger partial charge < -0.3 is 19.3 Å². The zero-order valence-corrected chi connectivity index (χ0v) is 17.5. The predicted molar refractivity (Wildman–Crippen MR) is 109 cm³/mol. The van der Waals surface area contributed by atoms with Crippen molar-refractivity contribution >= 4 is 12.0 Å². The highest BCUT2D eigenvalue weighted by atomic mass is 16.7. The van der Waals surface area contributed by atoms with Crippen LogP contribution in [0.3, 0.4) is 0 Å². The summed E-state index contributed by atoms with van der Waals surface area (Å²) < 4.78 is 15.7. The number of aryl methyl sites for hydroxylation is 2. The van der Waals surface area contributed by atoms with Gasteiger partial charge in [0.2, 0.25) is 0 Å². The molecular weight excluding hydrogens is 404 g/mol. The SMILES string of the molecule is CCOC(=O)OC1=CNN2C1NC(c1ccc([N+](=O)[O-])o1)CC2c1ccc(C)cc1C. The minimum atomic E-state index is -0.793. The van der Waals surface area contributed by atoms with Crippen molar-refractivity contribution in [2.24, 2.45) is 0 Å². The Bertz CT molecular complexity index is 1030. The number of carbonyl (C=O) groups excluding carboxylic acids is 1. The van der Waals surface area contributed by atoms with Crippen LogP contribution in [0, 0.1) is 24.0 Å². The number of benzene rings is 1. The molecule has 1 fully saturated rings. The van der Waals surface area contributed by atoms with Gasteiger partial charge in [-0.3, -0.25) is 15.4 Å². The Kier molecular flexibility index (Phi) is 5.66. The minimum absolute atomic E-state index is 0.111. The lowest BCUT2D eigenvalue weighted by molar-refractivity contribution is -0.402. The Morgan fingerprint density at radius 2 is 2.13 bits per heavy atom. The third-order valence-electron chi connectivity index (χ3n) is 5.44. The number of furan rings is 1. The van der Waals surface area contributed by atoms with Gasteiger partial charge in [-0.2, -0.15) is 5.01 Å². The largest absolute Gasteiger partial charge is 0.513 e. The smallest absolute Gasteiger partial charge is 0.434 e. The van der Waals surface area contributed by atoms with Gasteiger partial charge >= 0.3 is 12.0 Å². The molecule has 0 bridgehead atoms. The number of fused-ring (bicyclic) bond motifs is 1. The second-order valence-electron chi connectivity index (χ2n) is 7.53. The topological polar surface area (TPSA) is 119 Å².